The summed E-state index contributed by atoms with van der Waals surface area (Å²) in [5.74, 6) is 0. The molecule has 8 heteroatoms. The van der Waals surface area contributed by atoms with Gasteiger partial charge in [-0.15, -0.1) is 0 Å². The Hall–Kier alpha value is -1.80. The first-order chi connectivity index (χ1) is 8.75. The molecular weight excluding hydrogens is 267 g/mol. The Morgan fingerprint density at radius 1 is 1.26 bits per heavy atom. The van der Waals surface area contributed by atoms with Gasteiger partial charge in [0, 0.05) is 0 Å². The summed E-state index contributed by atoms with van der Waals surface area (Å²) in [5, 5.41) is 28.8. The highest BCUT2D eigenvalue weighted by Gasteiger charge is 2.31. The monoisotopic (exact) mass is 279 g/mol. The Balaban J connectivity index is 3.00. The number of benzene rings is 1. The second kappa shape index (κ2) is 5.89. The van der Waals surface area contributed by atoms with E-state index in [0.29, 0.717) is 0 Å². The number of hydrogen-bond donors (Lipinski definition) is 4. The second-order valence-electron chi connectivity index (χ2n) is 3.80. The number of rotatable bonds is 4. The summed E-state index contributed by atoms with van der Waals surface area (Å²) in [6.07, 6.45) is -7.41. The van der Waals surface area contributed by atoms with Crippen LogP contribution in [0, 0.1) is 0 Å². The van der Waals surface area contributed by atoms with E-state index >= 15 is 0 Å². The molecule has 0 saturated heterocycles. The molecular formula is C11H12F3NO4. The van der Waals surface area contributed by atoms with Crippen LogP contribution in [0.15, 0.2) is 24.3 Å². The van der Waals surface area contributed by atoms with Gasteiger partial charge in [-0.3, -0.25) is 0 Å². The van der Waals surface area contributed by atoms with Crippen LogP contribution in [0.4, 0.5) is 18.0 Å². The van der Waals surface area contributed by atoms with Crippen molar-refractivity contribution in [1.29, 1.82) is 0 Å². The predicted octanol–water partition coefficient (Wildman–Crippen LogP) is 1.37. The maximum Gasteiger partial charge on any atom is 0.416 e. The van der Waals surface area contributed by atoms with Crippen molar-refractivity contribution in [3.63, 3.8) is 0 Å². The van der Waals surface area contributed by atoms with Gasteiger partial charge in [-0.05, 0) is 17.7 Å². The third kappa shape index (κ3) is 4.11. The Labute approximate surface area is 106 Å². The molecule has 1 rings (SSSR count). The van der Waals surface area contributed by atoms with E-state index in [1.807, 2.05) is 5.32 Å². The summed E-state index contributed by atoms with van der Waals surface area (Å²) >= 11 is 0. The van der Waals surface area contributed by atoms with Crippen LogP contribution in [0.1, 0.15) is 17.2 Å². The van der Waals surface area contributed by atoms with Gasteiger partial charge in [0.25, 0.3) is 0 Å². The number of hydrogen-bond acceptors (Lipinski definition) is 3. The van der Waals surface area contributed by atoms with E-state index in [2.05, 4.69) is 0 Å². The molecule has 1 aromatic carbocycles. The SMILES string of the molecule is O=C(O)N[C@H](c1ccc(C(F)(F)F)cc1)[C@@H](O)CO. The number of carboxylic acid groups (broad SMARTS) is 1. The average Bonchev–Trinajstić information content (AvgIpc) is 2.34. The average molecular weight is 279 g/mol. The second-order valence-corrected chi connectivity index (χ2v) is 3.80. The highest BCUT2D eigenvalue weighted by molar-refractivity contribution is 5.65. The number of halogens is 3. The minimum Gasteiger partial charge on any atom is -0.465 e. The highest BCUT2D eigenvalue weighted by atomic mass is 19.4. The van der Waals surface area contributed by atoms with E-state index in [1.165, 1.54) is 0 Å². The maximum absolute atomic E-state index is 12.4. The summed E-state index contributed by atoms with van der Waals surface area (Å²) in [6.45, 7) is -0.730. The molecule has 5 nitrogen and oxygen atoms in total. The van der Waals surface area contributed by atoms with Gasteiger partial charge in [0.05, 0.1) is 18.2 Å². The van der Waals surface area contributed by atoms with Crippen molar-refractivity contribution in [3.05, 3.63) is 35.4 Å². The molecule has 0 aliphatic heterocycles. The van der Waals surface area contributed by atoms with Crippen molar-refractivity contribution < 1.29 is 33.3 Å². The number of amides is 1. The zero-order valence-electron chi connectivity index (χ0n) is 9.55. The van der Waals surface area contributed by atoms with Gasteiger partial charge in [-0.1, -0.05) is 12.1 Å². The lowest BCUT2D eigenvalue weighted by Crippen LogP contribution is -2.37. The molecule has 0 fully saturated rings. The molecule has 4 N–H and O–H groups in total. The minimum absolute atomic E-state index is 0.122. The molecule has 106 valence electrons. The molecule has 0 aliphatic carbocycles. The van der Waals surface area contributed by atoms with Gasteiger partial charge in [-0.2, -0.15) is 13.2 Å². The van der Waals surface area contributed by atoms with Crippen molar-refractivity contribution in [1.82, 2.24) is 5.32 Å². The molecule has 1 amide bonds. The molecule has 0 aromatic heterocycles. The maximum atomic E-state index is 12.4. The van der Waals surface area contributed by atoms with Gasteiger partial charge in [0.2, 0.25) is 0 Å². The van der Waals surface area contributed by atoms with Crippen LogP contribution in [-0.2, 0) is 6.18 Å². The molecule has 19 heavy (non-hydrogen) atoms. The first kappa shape index (κ1) is 15.3. The van der Waals surface area contributed by atoms with Crippen molar-refractivity contribution in [2.24, 2.45) is 0 Å². The first-order valence-corrected chi connectivity index (χ1v) is 5.21. The van der Waals surface area contributed by atoms with Crippen LogP contribution in [0.5, 0.6) is 0 Å². The zero-order valence-corrected chi connectivity index (χ0v) is 9.55. The molecule has 0 heterocycles. The lowest BCUT2D eigenvalue weighted by molar-refractivity contribution is -0.137. The van der Waals surface area contributed by atoms with E-state index in [0.717, 1.165) is 24.3 Å². The molecule has 0 unspecified atom stereocenters. The van der Waals surface area contributed by atoms with E-state index in [9.17, 15) is 23.1 Å². The lowest BCUT2D eigenvalue weighted by atomic mass is 10.0. The number of carbonyl (C=O) groups is 1. The first-order valence-electron chi connectivity index (χ1n) is 5.21. The van der Waals surface area contributed by atoms with Gasteiger partial charge in [-0.25, -0.2) is 4.79 Å². The molecule has 2 atom stereocenters. The Morgan fingerprint density at radius 3 is 2.16 bits per heavy atom. The van der Waals surface area contributed by atoms with Crippen molar-refractivity contribution >= 4 is 6.09 Å². The van der Waals surface area contributed by atoms with Crippen LogP contribution in [0.2, 0.25) is 0 Å². The minimum atomic E-state index is -4.50. The fourth-order valence-corrected chi connectivity index (χ4v) is 1.52. The van der Waals surface area contributed by atoms with Crippen molar-refractivity contribution in [2.75, 3.05) is 6.61 Å². The predicted molar refractivity (Wildman–Crippen MR) is 58.4 cm³/mol. The van der Waals surface area contributed by atoms with Crippen molar-refractivity contribution in [2.45, 2.75) is 18.3 Å². The number of aliphatic hydroxyl groups excluding tert-OH is 2. The summed E-state index contributed by atoms with van der Waals surface area (Å²) in [7, 11) is 0. The fourth-order valence-electron chi connectivity index (χ4n) is 1.52. The molecule has 0 saturated carbocycles. The van der Waals surface area contributed by atoms with Crippen LogP contribution >= 0.6 is 0 Å². The quantitative estimate of drug-likeness (QED) is 0.670. The number of alkyl halides is 3. The van der Waals surface area contributed by atoms with E-state index in [4.69, 9.17) is 10.2 Å². The smallest absolute Gasteiger partial charge is 0.416 e. The van der Waals surface area contributed by atoms with E-state index in [-0.39, 0.29) is 5.56 Å². The molecule has 0 radical (unpaired) electrons. The van der Waals surface area contributed by atoms with Gasteiger partial charge in [0.15, 0.2) is 0 Å². The van der Waals surface area contributed by atoms with Crippen LogP contribution in [0.3, 0.4) is 0 Å². The zero-order chi connectivity index (χ0) is 14.6. The molecule has 0 spiro atoms. The van der Waals surface area contributed by atoms with Crippen molar-refractivity contribution in [3.8, 4) is 0 Å². The Kier molecular flexibility index (Phi) is 4.73. The third-order valence-corrected chi connectivity index (χ3v) is 2.45. The molecule has 1 aromatic rings. The summed E-state index contributed by atoms with van der Waals surface area (Å²) in [5.41, 5.74) is -0.763. The van der Waals surface area contributed by atoms with Crippen LogP contribution in [-0.4, -0.2) is 34.1 Å². The third-order valence-electron chi connectivity index (χ3n) is 2.45. The summed E-state index contributed by atoms with van der Waals surface area (Å²) in [6, 6.07) is 2.43. The Morgan fingerprint density at radius 2 is 1.79 bits per heavy atom. The summed E-state index contributed by atoms with van der Waals surface area (Å²) in [4.78, 5) is 10.5. The standard InChI is InChI=1S/C11H12F3NO4/c12-11(13,14)7-3-1-6(2-4-7)9(8(17)5-16)15-10(18)19/h1-4,8-9,15-17H,5H2,(H,18,19)/t8-,9+/m0/s1. The Bertz CT molecular complexity index is 433. The normalized spacial score (nSPS) is 14.8. The summed E-state index contributed by atoms with van der Waals surface area (Å²) < 4.78 is 37.1. The highest BCUT2D eigenvalue weighted by Crippen LogP contribution is 2.30. The van der Waals surface area contributed by atoms with Gasteiger partial charge in [0.1, 0.15) is 6.10 Å². The van der Waals surface area contributed by atoms with Gasteiger partial charge >= 0.3 is 12.3 Å². The van der Waals surface area contributed by atoms with Crippen LogP contribution < -0.4 is 5.32 Å². The molecule has 0 bridgehead atoms. The lowest BCUT2D eigenvalue weighted by Gasteiger charge is -2.22. The largest absolute Gasteiger partial charge is 0.465 e. The van der Waals surface area contributed by atoms with Crippen LogP contribution in [0.25, 0.3) is 0 Å². The fraction of sp³-hybridized carbons (Fsp3) is 0.364. The topological polar surface area (TPSA) is 89.8 Å². The van der Waals surface area contributed by atoms with E-state index in [1.54, 1.807) is 0 Å². The van der Waals surface area contributed by atoms with E-state index < -0.39 is 36.6 Å². The number of aliphatic hydroxyl groups is 2. The molecule has 0 aliphatic rings. The van der Waals surface area contributed by atoms with Gasteiger partial charge < -0.3 is 20.6 Å². The number of nitrogens with one attached hydrogen (secondary N) is 1.